The van der Waals surface area contributed by atoms with Crippen molar-refractivity contribution >= 4 is 9.84 Å². The third kappa shape index (κ3) is 7.07. The van der Waals surface area contributed by atoms with E-state index in [0.29, 0.717) is 17.4 Å². The van der Waals surface area contributed by atoms with Crippen LogP contribution < -0.4 is 11.1 Å². The van der Waals surface area contributed by atoms with E-state index in [4.69, 9.17) is 5.73 Å². The van der Waals surface area contributed by atoms with Crippen molar-refractivity contribution < 1.29 is 8.42 Å². The predicted octanol–water partition coefficient (Wildman–Crippen LogP) is 2.19. The molecule has 0 amide bonds. The van der Waals surface area contributed by atoms with Gasteiger partial charge in [-0.15, -0.1) is 0 Å². The molecular weight excluding hydrogens is 284 g/mol. The molecule has 1 rings (SSSR count). The Morgan fingerprint density at radius 3 is 2.19 bits per heavy atom. The Bertz CT molecular complexity index is 530. The van der Waals surface area contributed by atoms with Gasteiger partial charge in [0.25, 0.3) is 0 Å². The molecule has 120 valence electrons. The van der Waals surface area contributed by atoms with Gasteiger partial charge >= 0.3 is 0 Å². The fraction of sp³-hybridized carbons (Fsp3) is 0.625. The van der Waals surface area contributed by atoms with Crippen molar-refractivity contribution in [1.29, 1.82) is 0 Å². The monoisotopic (exact) mass is 312 g/mol. The maximum atomic E-state index is 11.4. The van der Waals surface area contributed by atoms with Gasteiger partial charge in [0.1, 0.15) is 0 Å². The van der Waals surface area contributed by atoms with Crippen LogP contribution in [0, 0.1) is 11.3 Å². The van der Waals surface area contributed by atoms with E-state index in [0.717, 1.165) is 25.1 Å². The van der Waals surface area contributed by atoms with Crippen molar-refractivity contribution in [2.75, 3.05) is 19.3 Å². The number of hydrogen-bond donors (Lipinski definition) is 2. The van der Waals surface area contributed by atoms with Crippen LogP contribution in [0.1, 0.15) is 32.8 Å². The van der Waals surface area contributed by atoms with Gasteiger partial charge in [-0.25, -0.2) is 8.42 Å². The van der Waals surface area contributed by atoms with Crippen LogP contribution in [0.4, 0.5) is 0 Å². The standard InChI is InChI=1S/C16H28N2O2S/c1-16(2,3)9-14(10-17)12-18-11-13-5-7-15(8-6-13)21(4,19)20/h5-8,14,18H,9-12,17H2,1-4H3. The van der Waals surface area contributed by atoms with Gasteiger partial charge in [0.2, 0.25) is 0 Å². The van der Waals surface area contributed by atoms with Crippen LogP contribution in [0.25, 0.3) is 0 Å². The zero-order valence-electron chi connectivity index (χ0n) is 13.5. The van der Waals surface area contributed by atoms with Crippen LogP contribution in [-0.2, 0) is 16.4 Å². The predicted molar refractivity (Wildman–Crippen MR) is 87.9 cm³/mol. The van der Waals surface area contributed by atoms with Gasteiger partial charge in [0, 0.05) is 12.8 Å². The summed E-state index contributed by atoms with van der Waals surface area (Å²) in [7, 11) is -3.11. The summed E-state index contributed by atoms with van der Waals surface area (Å²) >= 11 is 0. The van der Waals surface area contributed by atoms with E-state index in [1.165, 1.54) is 6.26 Å². The second-order valence-corrected chi connectivity index (χ2v) is 8.93. The Hall–Kier alpha value is -0.910. The molecule has 0 heterocycles. The quantitative estimate of drug-likeness (QED) is 0.809. The molecule has 0 bridgehead atoms. The van der Waals surface area contributed by atoms with Gasteiger partial charge in [0.05, 0.1) is 4.90 Å². The van der Waals surface area contributed by atoms with Gasteiger partial charge in [0.15, 0.2) is 9.84 Å². The van der Waals surface area contributed by atoms with Gasteiger partial charge < -0.3 is 11.1 Å². The minimum absolute atomic E-state index is 0.281. The summed E-state index contributed by atoms with van der Waals surface area (Å²) in [6, 6.07) is 7.01. The zero-order chi connectivity index (χ0) is 16.1. The lowest BCUT2D eigenvalue weighted by Crippen LogP contribution is -2.31. The summed E-state index contributed by atoms with van der Waals surface area (Å²) in [4.78, 5) is 0.360. The van der Waals surface area contributed by atoms with Crippen molar-refractivity contribution in [3.05, 3.63) is 29.8 Å². The number of rotatable bonds is 7. The highest BCUT2D eigenvalue weighted by Crippen LogP contribution is 2.23. The summed E-state index contributed by atoms with van der Waals surface area (Å²) in [6.45, 7) is 8.95. The van der Waals surface area contributed by atoms with Crippen LogP contribution in [0.3, 0.4) is 0 Å². The molecule has 0 aliphatic rings. The van der Waals surface area contributed by atoms with Gasteiger partial charge in [-0.1, -0.05) is 32.9 Å². The number of sulfone groups is 1. The lowest BCUT2D eigenvalue weighted by Gasteiger charge is -2.25. The van der Waals surface area contributed by atoms with Gasteiger partial charge in [-0.2, -0.15) is 0 Å². The van der Waals surface area contributed by atoms with E-state index in [1.54, 1.807) is 12.1 Å². The highest BCUT2D eigenvalue weighted by atomic mass is 32.2. The van der Waals surface area contributed by atoms with Crippen molar-refractivity contribution in [3.8, 4) is 0 Å². The summed E-state index contributed by atoms with van der Waals surface area (Å²) in [5.41, 5.74) is 7.18. The molecule has 0 fully saturated rings. The van der Waals surface area contributed by atoms with Crippen LogP contribution in [0.2, 0.25) is 0 Å². The first-order chi connectivity index (χ1) is 9.62. The largest absolute Gasteiger partial charge is 0.330 e. The van der Waals surface area contributed by atoms with Crippen molar-refractivity contribution in [2.45, 2.75) is 38.6 Å². The minimum Gasteiger partial charge on any atom is -0.330 e. The Balaban J connectivity index is 2.48. The smallest absolute Gasteiger partial charge is 0.175 e. The molecule has 0 saturated heterocycles. The summed E-state index contributed by atoms with van der Waals surface area (Å²) in [5.74, 6) is 0.459. The van der Waals surface area contributed by atoms with E-state index in [2.05, 4.69) is 26.1 Å². The molecule has 3 N–H and O–H groups in total. The Kier molecular flexibility index (Phi) is 6.38. The van der Waals surface area contributed by atoms with E-state index < -0.39 is 9.84 Å². The van der Waals surface area contributed by atoms with Crippen LogP contribution >= 0.6 is 0 Å². The first-order valence-electron chi connectivity index (χ1n) is 7.31. The fourth-order valence-electron chi connectivity index (χ4n) is 2.38. The second kappa shape index (κ2) is 7.38. The molecule has 0 aromatic heterocycles. The average Bonchev–Trinajstić information content (AvgIpc) is 2.35. The van der Waals surface area contributed by atoms with Crippen molar-refractivity contribution in [1.82, 2.24) is 5.32 Å². The Morgan fingerprint density at radius 2 is 1.76 bits per heavy atom. The molecule has 0 saturated carbocycles. The van der Waals surface area contributed by atoms with E-state index in [-0.39, 0.29) is 5.41 Å². The van der Waals surface area contributed by atoms with Crippen molar-refractivity contribution in [3.63, 3.8) is 0 Å². The number of hydrogen-bond acceptors (Lipinski definition) is 4. The molecule has 1 aromatic rings. The number of benzene rings is 1. The van der Waals surface area contributed by atoms with E-state index in [1.807, 2.05) is 12.1 Å². The fourth-order valence-corrected chi connectivity index (χ4v) is 3.01. The number of nitrogens with one attached hydrogen (secondary N) is 1. The molecule has 21 heavy (non-hydrogen) atoms. The molecule has 1 atom stereocenters. The summed E-state index contributed by atoms with van der Waals surface area (Å²) in [5, 5.41) is 3.40. The molecule has 1 unspecified atom stereocenters. The first kappa shape index (κ1) is 18.1. The Morgan fingerprint density at radius 1 is 1.19 bits per heavy atom. The lowest BCUT2D eigenvalue weighted by molar-refractivity contribution is 0.289. The molecule has 4 nitrogen and oxygen atoms in total. The normalized spacial score (nSPS) is 14.1. The van der Waals surface area contributed by atoms with Crippen LogP contribution in [0.5, 0.6) is 0 Å². The molecule has 5 heteroatoms. The lowest BCUT2D eigenvalue weighted by atomic mass is 9.84. The topological polar surface area (TPSA) is 72.2 Å². The molecule has 1 aromatic carbocycles. The molecule has 0 spiro atoms. The maximum absolute atomic E-state index is 11.4. The highest BCUT2D eigenvalue weighted by molar-refractivity contribution is 7.90. The molecule has 0 aliphatic heterocycles. The molecule has 0 radical (unpaired) electrons. The van der Waals surface area contributed by atoms with Gasteiger partial charge in [-0.3, -0.25) is 0 Å². The molecular formula is C16H28N2O2S. The average molecular weight is 312 g/mol. The van der Waals surface area contributed by atoms with E-state index in [9.17, 15) is 8.42 Å². The number of nitrogens with two attached hydrogens (primary N) is 1. The zero-order valence-corrected chi connectivity index (χ0v) is 14.3. The first-order valence-corrected chi connectivity index (χ1v) is 9.21. The highest BCUT2D eigenvalue weighted by Gasteiger charge is 2.17. The van der Waals surface area contributed by atoms with Crippen LogP contribution in [-0.4, -0.2) is 27.8 Å². The van der Waals surface area contributed by atoms with Crippen LogP contribution in [0.15, 0.2) is 29.2 Å². The summed E-state index contributed by atoms with van der Waals surface area (Å²) < 4.78 is 22.8. The van der Waals surface area contributed by atoms with E-state index >= 15 is 0 Å². The maximum Gasteiger partial charge on any atom is 0.175 e. The van der Waals surface area contributed by atoms with Gasteiger partial charge in [-0.05, 0) is 48.5 Å². The van der Waals surface area contributed by atoms with Crippen molar-refractivity contribution in [2.24, 2.45) is 17.1 Å². The SMILES string of the molecule is CC(C)(C)CC(CN)CNCc1ccc(S(C)(=O)=O)cc1. The minimum atomic E-state index is -3.11. The Labute approximate surface area is 129 Å². The summed E-state index contributed by atoms with van der Waals surface area (Å²) in [6.07, 6.45) is 2.31. The third-order valence-corrected chi connectivity index (χ3v) is 4.48. The molecule has 0 aliphatic carbocycles. The second-order valence-electron chi connectivity index (χ2n) is 6.91. The third-order valence-electron chi connectivity index (χ3n) is 3.35.